The van der Waals surface area contributed by atoms with Crippen LogP contribution >= 0.6 is 0 Å². The first kappa shape index (κ1) is 16.7. The molecular formula is C21H22N4O. The molecule has 1 aliphatic heterocycles. The lowest BCUT2D eigenvalue weighted by Gasteiger charge is -2.23. The van der Waals surface area contributed by atoms with Gasteiger partial charge in [-0.05, 0) is 55.8 Å². The Morgan fingerprint density at radius 1 is 1.23 bits per heavy atom. The van der Waals surface area contributed by atoms with Crippen molar-refractivity contribution in [2.45, 2.75) is 32.4 Å². The summed E-state index contributed by atoms with van der Waals surface area (Å²) in [5.74, 6) is -0.0662. The van der Waals surface area contributed by atoms with Crippen molar-refractivity contribution in [3.8, 4) is 0 Å². The standard InChI is InChI=1S/C21H22N4O/c1-15(26)23-17-9-10-19-16(13-17)7-8-18(24-19)14-25-12-4-6-21(25)20-5-2-3-11-22-20/h2-3,5,7-11,13,21H,4,6,12,14H2,1H3,(H,23,26)/t21-/m1/s1. The topological polar surface area (TPSA) is 58.1 Å². The molecule has 3 aromatic rings. The van der Waals surface area contributed by atoms with Gasteiger partial charge in [-0.2, -0.15) is 0 Å². The number of hydrogen-bond acceptors (Lipinski definition) is 4. The maximum atomic E-state index is 11.2. The van der Waals surface area contributed by atoms with Crippen molar-refractivity contribution < 1.29 is 4.79 Å². The highest BCUT2D eigenvalue weighted by atomic mass is 16.1. The highest BCUT2D eigenvalue weighted by Crippen LogP contribution is 2.32. The maximum absolute atomic E-state index is 11.2. The number of carbonyl (C=O) groups excluding carboxylic acids is 1. The zero-order chi connectivity index (χ0) is 17.9. The molecule has 1 aromatic carbocycles. The number of hydrogen-bond donors (Lipinski definition) is 1. The first-order valence-corrected chi connectivity index (χ1v) is 9.01. The van der Waals surface area contributed by atoms with E-state index < -0.39 is 0 Å². The normalized spacial score (nSPS) is 17.5. The largest absolute Gasteiger partial charge is 0.326 e. The van der Waals surface area contributed by atoms with E-state index in [9.17, 15) is 4.79 Å². The summed E-state index contributed by atoms with van der Waals surface area (Å²) in [5.41, 5.74) is 3.96. The Morgan fingerprint density at radius 2 is 2.15 bits per heavy atom. The summed E-state index contributed by atoms with van der Waals surface area (Å²) in [6.45, 7) is 3.41. The van der Waals surface area contributed by atoms with Crippen LogP contribution in [0.3, 0.4) is 0 Å². The summed E-state index contributed by atoms with van der Waals surface area (Å²) in [7, 11) is 0. The number of nitrogens with zero attached hydrogens (tertiary/aromatic N) is 3. The Balaban J connectivity index is 1.54. The van der Waals surface area contributed by atoms with E-state index >= 15 is 0 Å². The van der Waals surface area contributed by atoms with Crippen LogP contribution in [0.1, 0.15) is 37.2 Å². The smallest absolute Gasteiger partial charge is 0.221 e. The predicted octanol–water partition coefficient (Wildman–Crippen LogP) is 3.93. The van der Waals surface area contributed by atoms with Gasteiger partial charge in [-0.25, -0.2) is 0 Å². The van der Waals surface area contributed by atoms with Crippen molar-refractivity contribution in [3.63, 3.8) is 0 Å². The molecule has 132 valence electrons. The molecule has 26 heavy (non-hydrogen) atoms. The van der Waals surface area contributed by atoms with Crippen LogP contribution in [-0.4, -0.2) is 27.3 Å². The summed E-state index contributed by atoms with van der Waals surface area (Å²) in [5, 5.41) is 3.84. The van der Waals surface area contributed by atoms with Crippen LogP contribution in [0.25, 0.3) is 10.9 Å². The Morgan fingerprint density at radius 3 is 2.96 bits per heavy atom. The van der Waals surface area contributed by atoms with Gasteiger partial charge in [0.25, 0.3) is 0 Å². The van der Waals surface area contributed by atoms with E-state index in [-0.39, 0.29) is 5.91 Å². The van der Waals surface area contributed by atoms with Crippen LogP contribution in [0.2, 0.25) is 0 Å². The Labute approximate surface area is 153 Å². The first-order chi connectivity index (χ1) is 12.7. The van der Waals surface area contributed by atoms with Gasteiger partial charge < -0.3 is 5.32 Å². The Bertz CT molecular complexity index is 926. The zero-order valence-electron chi connectivity index (χ0n) is 14.9. The summed E-state index contributed by atoms with van der Waals surface area (Å²) >= 11 is 0. The molecule has 5 nitrogen and oxygen atoms in total. The van der Waals surface area contributed by atoms with Gasteiger partial charge in [-0.15, -0.1) is 0 Å². The number of rotatable bonds is 4. The van der Waals surface area contributed by atoms with Gasteiger partial charge >= 0.3 is 0 Å². The molecule has 1 saturated heterocycles. The number of amides is 1. The molecular weight excluding hydrogens is 324 g/mol. The Kier molecular flexibility index (Phi) is 4.63. The summed E-state index contributed by atoms with van der Waals surface area (Å²) < 4.78 is 0. The molecule has 5 heteroatoms. The van der Waals surface area contributed by atoms with Gasteiger partial charge in [0.2, 0.25) is 5.91 Å². The van der Waals surface area contributed by atoms with Crippen molar-refractivity contribution >= 4 is 22.5 Å². The number of carbonyl (C=O) groups is 1. The fourth-order valence-corrected chi connectivity index (χ4v) is 3.67. The average molecular weight is 346 g/mol. The lowest BCUT2D eigenvalue weighted by Crippen LogP contribution is -2.23. The molecule has 1 amide bonds. The van der Waals surface area contributed by atoms with E-state index in [2.05, 4.69) is 39.5 Å². The molecule has 1 atom stereocenters. The number of anilines is 1. The highest BCUT2D eigenvalue weighted by Gasteiger charge is 2.27. The maximum Gasteiger partial charge on any atom is 0.221 e. The van der Waals surface area contributed by atoms with E-state index in [1.807, 2.05) is 30.5 Å². The third-order valence-corrected chi connectivity index (χ3v) is 4.83. The fourth-order valence-electron chi connectivity index (χ4n) is 3.67. The molecule has 4 rings (SSSR count). The van der Waals surface area contributed by atoms with Gasteiger partial charge in [0, 0.05) is 30.7 Å². The van der Waals surface area contributed by atoms with Crippen LogP contribution in [-0.2, 0) is 11.3 Å². The highest BCUT2D eigenvalue weighted by molar-refractivity contribution is 5.92. The van der Waals surface area contributed by atoms with E-state index in [0.29, 0.717) is 6.04 Å². The lowest BCUT2D eigenvalue weighted by atomic mass is 10.1. The third-order valence-electron chi connectivity index (χ3n) is 4.83. The Hall–Kier alpha value is -2.79. The van der Waals surface area contributed by atoms with E-state index in [1.54, 1.807) is 0 Å². The molecule has 3 heterocycles. The number of fused-ring (bicyclic) bond motifs is 1. The van der Waals surface area contributed by atoms with Crippen molar-refractivity contribution in [1.82, 2.24) is 14.9 Å². The number of nitrogens with one attached hydrogen (secondary N) is 1. The second-order valence-corrected chi connectivity index (χ2v) is 6.77. The third kappa shape index (κ3) is 3.58. The predicted molar refractivity (Wildman–Crippen MR) is 103 cm³/mol. The van der Waals surface area contributed by atoms with Crippen molar-refractivity contribution in [2.24, 2.45) is 0 Å². The van der Waals surface area contributed by atoms with Gasteiger partial charge in [-0.3, -0.25) is 19.7 Å². The van der Waals surface area contributed by atoms with Crippen molar-refractivity contribution in [3.05, 3.63) is 66.1 Å². The van der Waals surface area contributed by atoms with Crippen LogP contribution in [0, 0.1) is 0 Å². The molecule has 0 radical (unpaired) electrons. The second kappa shape index (κ2) is 7.22. The molecule has 0 bridgehead atoms. The quantitative estimate of drug-likeness (QED) is 0.778. The molecule has 0 unspecified atom stereocenters. The van der Waals surface area contributed by atoms with Crippen molar-refractivity contribution in [2.75, 3.05) is 11.9 Å². The molecule has 2 aromatic heterocycles. The van der Waals surface area contributed by atoms with Crippen LogP contribution in [0.15, 0.2) is 54.7 Å². The van der Waals surface area contributed by atoms with Gasteiger partial charge in [-0.1, -0.05) is 12.1 Å². The summed E-state index contributed by atoms with van der Waals surface area (Å²) in [6, 6.07) is 16.5. The number of likely N-dealkylation sites (tertiary alicyclic amines) is 1. The average Bonchev–Trinajstić information content (AvgIpc) is 3.10. The number of pyridine rings is 2. The molecule has 0 saturated carbocycles. The minimum Gasteiger partial charge on any atom is -0.326 e. The molecule has 0 spiro atoms. The molecule has 0 aliphatic carbocycles. The zero-order valence-corrected chi connectivity index (χ0v) is 14.9. The van der Waals surface area contributed by atoms with Crippen LogP contribution in [0.5, 0.6) is 0 Å². The number of benzene rings is 1. The van der Waals surface area contributed by atoms with Gasteiger partial charge in [0.15, 0.2) is 0 Å². The lowest BCUT2D eigenvalue weighted by molar-refractivity contribution is -0.114. The molecule has 1 fully saturated rings. The van der Waals surface area contributed by atoms with Gasteiger partial charge in [0.05, 0.1) is 22.9 Å². The fraction of sp³-hybridized carbons (Fsp3) is 0.286. The second-order valence-electron chi connectivity index (χ2n) is 6.77. The SMILES string of the molecule is CC(=O)Nc1ccc2nc(CN3CCC[C@@H]3c3ccccn3)ccc2c1. The minimum absolute atomic E-state index is 0.0662. The van der Waals surface area contributed by atoms with E-state index in [0.717, 1.165) is 47.5 Å². The van der Waals surface area contributed by atoms with E-state index in [4.69, 9.17) is 4.98 Å². The van der Waals surface area contributed by atoms with E-state index in [1.165, 1.54) is 13.3 Å². The van der Waals surface area contributed by atoms with Crippen LogP contribution in [0.4, 0.5) is 5.69 Å². The summed E-state index contributed by atoms with van der Waals surface area (Å²) in [6.07, 6.45) is 4.20. The molecule has 1 aliphatic rings. The first-order valence-electron chi connectivity index (χ1n) is 9.01. The summed E-state index contributed by atoms with van der Waals surface area (Å²) in [4.78, 5) is 23.0. The monoisotopic (exact) mass is 346 g/mol. The molecule has 1 N–H and O–H groups in total. The van der Waals surface area contributed by atoms with Crippen LogP contribution < -0.4 is 5.32 Å². The number of aromatic nitrogens is 2. The van der Waals surface area contributed by atoms with Crippen molar-refractivity contribution in [1.29, 1.82) is 0 Å². The van der Waals surface area contributed by atoms with Gasteiger partial charge in [0.1, 0.15) is 0 Å². The minimum atomic E-state index is -0.0662.